The summed E-state index contributed by atoms with van der Waals surface area (Å²) in [4.78, 5) is 24.2. The largest absolute Gasteiger partial charge is 0.490 e. The highest BCUT2D eigenvalue weighted by Gasteiger charge is 2.68. The zero-order chi connectivity index (χ0) is 39.5. The maximum Gasteiger partial charge on any atom is 0.190 e. The molecule has 2 aromatic rings. The van der Waals surface area contributed by atoms with Crippen molar-refractivity contribution in [1.82, 2.24) is 5.32 Å². The van der Waals surface area contributed by atoms with Gasteiger partial charge in [-0.15, -0.1) is 12.4 Å². The van der Waals surface area contributed by atoms with E-state index in [0.29, 0.717) is 39.3 Å². The van der Waals surface area contributed by atoms with Gasteiger partial charge in [-0.3, -0.25) is 9.59 Å². The third-order valence-electron chi connectivity index (χ3n) is 12.9. The molecule has 7 rings (SSSR count). The zero-order valence-corrected chi connectivity index (χ0v) is 34.5. The molecule has 4 aliphatic carbocycles. The van der Waals surface area contributed by atoms with Gasteiger partial charge in [0.15, 0.2) is 34.6 Å². The molecular weight excluding hydrogens is 734 g/mol. The van der Waals surface area contributed by atoms with Gasteiger partial charge in [-0.2, -0.15) is 0 Å². The van der Waals surface area contributed by atoms with Crippen LogP contribution in [0.4, 0.5) is 0 Å². The lowest BCUT2D eigenvalue weighted by Crippen LogP contribution is -2.61. The molecule has 3 saturated carbocycles. The molecule has 0 unspecified atom stereocenters. The van der Waals surface area contributed by atoms with Crippen molar-refractivity contribution < 1.29 is 43.9 Å². The molecule has 1 heterocycles. The molecule has 7 atom stereocenters. The van der Waals surface area contributed by atoms with E-state index in [9.17, 15) is 24.9 Å². The number of ether oxygens (including phenoxy) is 4. The van der Waals surface area contributed by atoms with E-state index in [1.54, 1.807) is 12.2 Å². The van der Waals surface area contributed by atoms with Crippen LogP contribution in [0.1, 0.15) is 90.3 Å². The van der Waals surface area contributed by atoms with Crippen molar-refractivity contribution in [3.8, 4) is 23.0 Å². The molecule has 56 heavy (non-hydrogen) atoms. The molecule has 0 radical (unpaired) electrons. The van der Waals surface area contributed by atoms with E-state index in [1.807, 2.05) is 52.8 Å². The van der Waals surface area contributed by atoms with Crippen LogP contribution in [-0.4, -0.2) is 78.2 Å². The normalized spacial score (nSPS) is 30.5. The first-order valence-corrected chi connectivity index (χ1v) is 20.1. The lowest BCUT2D eigenvalue weighted by atomic mass is 9.46. The Hall–Kier alpha value is -3.83. The number of hydrogen-bond acceptors (Lipinski definition) is 10. The predicted molar refractivity (Wildman–Crippen MR) is 219 cm³/mol. The van der Waals surface area contributed by atoms with Crippen LogP contribution in [0.2, 0.25) is 0 Å². The SMILES string of the molecule is CCOc1ccc(/C=C2\NCCc3cc(OCC)c(OCC)cc32)cc1OCC.C[C@]12C=CC(=O)C=C1CC[C@@H]1[C@@H]2[C@@H](O)C[C@@]2(C)[C@H]1CC[C@]2(O)C(=O)CO.Cl. The summed E-state index contributed by atoms with van der Waals surface area (Å²) in [6, 6.07) is 10.2. The average molecular weight is 794 g/mol. The number of allylic oxidation sites excluding steroid dienone is 4. The molecule has 1 aliphatic heterocycles. The van der Waals surface area contributed by atoms with Gasteiger partial charge in [-0.1, -0.05) is 31.6 Å². The molecule has 0 bridgehead atoms. The summed E-state index contributed by atoms with van der Waals surface area (Å²) < 4.78 is 23.1. The highest BCUT2D eigenvalue weighted by molar-refractivity contribution is 6.01. The van der Waals surface area contributed by atoms with Crippen LogP contribution in [0.5, 0.6) is 23.0 Å². The van der Waals surface area contributed by atoms with Gasteiger partial charge >= 0.3 is 0 Å². The van der Waals surface area contributed by atoms with Gasteiger partial charge in [0.05, 0.1) is 32.5 Å². The van der Waals surface area contributed by atoms with Crippen molar-refractivity contribution >= 4 is 35.7 Å². The van der Waals surface area contributed by atoms with Crippen molar-refractivity contribution in [1.29, 1.82) is 0 Å². The first-order chi connectivity index (χ1) is 26.4. The van der Waals surface area contributed by atoms with Gasteiger partial charge in [0.2, 0.25) is 0 Å². The number of benzene rings is 2. The molecule has 11 heteroatoms. The molecular formula is C45H60ClNO9. The number of ketones is 2. The fourth-order valence-electron chi connectivity index (χ4n) is 10.4. The number of rotatable bonds is 11. The summed E-state index contributed by atoms with van der Waals surface area (Å²) >= 11 is 0. The van der Waals surface area contributed by atoms with Crippen LogP contribution >= 0.6 is 12.4 Å². The Labute approximate surface area is 337 Å². The fraction of sp³-hybridized carbons (Fsp3) is 0.556. The van der Waals surface area contributed by atoms with Gasteiger partial charge in [0, 0.05) is 34.6 Å². The molecule has 4 N–H and O–H groups in total. The standard InChI is InChI=1S/C24H31NO4.C21H28O5.ClH/c1-5-26-21-10-9-17(14-22(21)27-6-2)13-20-19-16-24(29-8-4)23(28-7-3)15-18(19)11-12-25-20;1-19-7-5-13(23)9-12(19)3-4-14-15-6-8-21(26,17(25)11-22)20(15,2)10-16(24)18(14)19;/h9-10,13-16,25H,5-8,11-12H2,1-4H3;5,7,9,14-16,18,22,24,26H,3-4,6,8,10-11H2,1-2H3;1H/b20-13-;;/t;14-,15-,16-,18+,19-,20-,21-;/m.0./s1. The van der Waals surface area contributed by atoms with Crippen LogP contribution in [0.25, 0.3) is 11.8 Å². The van der Waals surface area contributed by atoms with Crippen molar-refractivity contribution in [2.75, 3.05) is 39.6 Å². The maximum absolute atomic E-state index is 12.4. The third kappa shape index (κ3) is 7.87. The number of halogens is 1. The summed E-state index contributed by atoms with van der Waals surface area (Å²) in [6.07, 6.45) is 10.8. The molecule has 306 valence electrons. The first-order valence-electron chi connectivity index (χ1n) is 20.1. The summed E-state index contributed by atoms with van der Waals surface area (Å²) in [5.74, 6) is 2.91. The summed E-state index contributed by atoms with van der Waals surface area (Å²) in [5.41, 5.74) is 2.99. The smallest absolute Gasteiger partial charge is 0.190 e. The van der Waals surface area contributed by atoms with Crippen LogP contribution in [0, 0.1) is 28.6 Å². The van der Waals surface area contributed by atoms with E-state index in [2.05, 4.69) is 36.5 Å². The Kier molecular flexibility index (Phi) is 13.7. The van der Waals surface area contributed by atoms with Crippen molar-refractivity contribution in [3.05, 3.63) is 70.8 Å². The number of hydrogen-bond donors (Lipinski definition) is 4. The summed E-state index contributed by atoms with van der Waals surface area (Å²) in [5, 5.41) is 35.2. The van der Waals surface area contributed by atoms with Crippen LogP contribution < -0.4 is 24.3 Å². The maximum atomic E-state index is 12.4. The van der Waals surface area contributed by atoms with Gasteiger partial charge < -0.3 is 39.6 Å². The topological polar surface area (TPSA) is 144 Å². The second kappa shape index (κ2) is 17.8. The second-order valence-electron chi connectivity index (χ2n) is 15.8. The number of carbonyl (C=O) groups is 2. The Bertz CT molecular complexity index is 1860. The quantitative estimate of drug-likeness (QED) is 0.190. The lowest BCUT2D eigenvalue weighted by molar-refractivity contribution is -0.178. The highest BCUT2D eigenvalue weighted by Crippen LogP contribution is 2.67. The fourth-order valence-corrected chi connectivity index (χ4v) is 10.4. The summed E-state index contributed by atoms with van der Waals surface area (Å²) in [7, 11) is 0. The van der Waals surface area contributed by atoms with Crippen LogP contribution in [0.3, 0.4) is 0 Å². The van der Waals surface area contributed by atoms with Crippen molar-refractivity contribution in [2.24, 2.45) is 28.6 Å². The van der Waals surface area contributed by atoms with Crippen LogP contribution in [-0.2, 0) is 16.0 Å². The summed E-state index contributed by atoms with van der Waals surface area (Å²) in [6.45, 7) is 14.6. The zero-order valence-electron chi connectivity index (χ0n) is 33.7. The van der Waals surface area contributed by atoms with E-state index in [0.717, 1.165) is 77.6 Å². The number of fused-ring (bicyclic) bond motifs is 6. The van der Waals surface area contributed by atoms with E-state index in [4.69, 9.17) is 18.9 Å². The predicted octanol–water partition coefficient (Wildman–Crippen LogP) is 6.90. The minimum atomic E-state index is -1.56. The van der Waals surface area contributed by atoms with E-state index < -0.39 is 29.5 Å². The number of carbonyl (C=O) groups excluding carboxylic acids is 2. The molecule has 0 saturated heterocycles. The minimum absolute atomic E-state index is 0. The molecule has 2 aromatic carbocycles. The Morgan fingerprint density at radius 3 is 2.21 bits per heavy atom. The molecule has 5 aliphatic rings. The highest BCUT2D eigenvalue weighted by atomic mass is 35.5. The van der Waals surface area contributed by atoms with Gasteiger partial charge in [-0.25, -0.2) is 0 Å². The molecule has 3 fully saturated rings. The number of Topliss-reactive ketones (excluding diaryl/α,β-unsaturated/α-hetero) is 1. The Morgan fingerprint density at radius 1 is 0.911 bits per heavy atom. The number of aliphatic hydroxyl groups is 3. The number of aliphatic hydroxyl groups excluding tert-OH is 2. The van der Waals surface area contributed by atoms with E-state index in [1.165, 1.54) is 5.56 Å². The Balaban J connectivity index is 0.000000211. The van der Waals surface area contributed by atoms with Crippen LogP contribution in [0.15, 0.2) is 54.1 Å². The van der Waals surface area contributed by atoms with Gasteiger partial charge in [0.25, 0.3) is 0 Å². The molecule has 0 aromatic heterocycles. The minimum Gasteiger partial charge on any atom is -0.490 e. The first kappa shape index (κ1) is 43.3. The van der Waals surface area contributed by atoms with Crippen molar-refractivity contribution in [2.45, 2.75) is 91.8 Å². The van der Waals surface area contributed by atoms with Crippen molar-refractivity contribution in [3.63, 3.8) is 0 Å². The average Bonchev–Trinajstić information content (AvgIpc) is 3.43. The Morgan fingerprint density at radius 2 is 1.55 bits per heavy atom. The van der Waals surface area contributed by atoms with Gasteiger partial charge in [0.1, 0.15) is 12.2 Å². The van der Waals surface area contributed by atoms with E-state index >= 15 is 0 Å². The second-order valence-corrected chi connectivity index (χ2v) is 15.8. The lowest BCUT2D eigenvalue weighted by Gasteiger charge is -2.59. The van der Waals surface area contributed by atoms with Gasteiger partial charge in [-0.05, 0) is 132 Å². The third-order valence-corrected chi connectivity index (χ3v) is 12.9. The monoisotopic (exact) mass is 793 g/mol. The number of nitrogens with one attached hydrogen (secondary N) is 1. The molecule has 10 nitrogen and oxygen atoms in total. The molecule has 0 spiro atoms. The molecule has 0 amide bonds. The van der Waals surface area contributed by atoms with E-state index in [-0.39, 0.29) is 41.4 Å².